The van der Waals surface area contributed by atoms with Gasteiger partial charge in [0.25, 0.3) is 0 Å². The van der Waals surface area contributed by atoms with E-state index in [4.69, 9.17) is 9.47 Å². The lowest BCUT2D eigenvalue weighted by Crippen LogP contribution is -2.63. The molecule has 0 saturated carbocycles. The van der Waals surface area contributed by atoms with E-state index in [-0.39, 0.29) is 47.8 Å². The van der Waals surface area contributed by atoms with Crippen LogP contribution in [-0.4, -0.2) is 105 Å². The highest BCUT2D eigenvalue weighted by Gasteiger charge is 2.60. The molecule has 0 aromatic rings. The molecule has 3 saturated heterocycles. The number of aliphatic carboxylic acids is 1. The Hall–Kier alpha value is -2.64. The van der Waals surface area contributed by atoms with Crippen molar-refractivity contribution in [1.82, 2.24) is 15.1 Å². The first kappa shape index (κ1) is 26.4. The van der Waals surface area contributed by atoms with Crippen LogP contribution in [0.2, 0.25) is 0 Å². The second kappa shape index (κ2) is 10.0. The van der Waals surface area contributed by atoms with E-state index in [1.165, 1.54) is 42.3 Å². The highest BCUT2D eigenvalue weighted by Crippen LogP contribution is 2.51. The fourth-order valence-electron chi connectivity index (χ4n) is 5.64. The third-order valence-corrected chi connectivity index (χ3v) is 8.67. The van der Waals surface area contributed by atoms with Gasteiger partial charge in [-0.3, -0.25) is 19.2 Å². The summed E-state index contributed by atoms with van der Waals surface area (Å²) in [6.45, 7) is 6.56. The first-order chi connectivity index (χ1) is 16.9. The van der Waals surface area contributed by atoms with Crippen molar-refractivity contribution >= 4 is 41.5 Å². The van der Waals surface area contributed by atoms with Gasteiger partial charge in [-0.1, -0.05) is 6.92 Å². The molecule has 13 heteroatoms. The fourth-order valence-corrected chi connectivity index (χ4v) is 7.12. The van der Waals surface area contributed by atoms with E-state index in [0.717, 1.165) is 0 Å². The van der Waals surface area contributed by atoms with Gasteiger partial charge >= 0.3 is 17.9 Å². The van der Waals surface area contributed by atoms with Gasteiger partial charge in [0.2, 0.25) is 11.8 Å². The van der Waals surface area contributed by atoms with Gasteiger partial charge in [-0.25, -0.2) is 4.79 Å². The molecule has 0 radical (unpaired) electrons. The maximum atomic E-state index is 13.2. The molecule has 198 valence electrons. The van der Waals surface area contributed by atoms with Crippen LogP contribution in [0, 0.1) is 11.8 Å². The summed E-state index contributed by atoms with van der Waals surface area (Å²) in [5.74, 6) is -3.73. The Morgan fingerprint density at radius 3 is 2.19 bits per heavy atom. The van der Waals surface area contributed by atoms with Crippen LogP contribution >= 0.6 is 11.8 Å². The summed E-state index contributed by atoms with van der Waals surface area (Å²) in [5, 5.41) is 22.9. The normalized spacial score (nSPS) is 34.4. The molecule has 0 unspecified atom stereocenters. The monoisotopic (exact) mass is 525 g/mol. The molecule has 8 atom stereocenters. The quantitative estimate of drug-likeness (QED) is 0.285. The second-order valence-corrected chi connectivity index (χ2v) is 11.1. The lowest BCUT2D eigenvalue weighted by atomic mass is 9.79. The summed E-state index contributed by atoms with van der Waals surface area (Å²) in [4.78, 5) is 64.0. The van der Waals surface area contributed by atoms with Gasteiger partial charge in [0.1, 0.15) is 5.70 Å². The van der Waals surface area contributed by atoms with Crippen LogP contribution < -0.4 is 5.32 Å². The number of thioether (sulfide) groups is 1. The van der Waals surface area contributed by atoms with E-state index in [2.05, 4.69) is 5.32 Å². The zero-order chi connectivity index (χ0) is 26.5. The van der Waals surface area contributed by atoms with Crippen LogP contribution in [0.4, 0.5) is 0 Å². The van der Waals surface area contributed by atoms with Crippen LogP contribution in [-0.2, 0) is 33.4 Å². The number of carboxylic acid groups (broad SMARTS) is 1. The highest BCUT2D eigenvalue weighted by atomic mass is 32.2. The molecule has 36 heavy (non-hydrogen) atoms. The van der Waals surface area contributed by atoms with Crippen molar-refractivity contribution in [3.63, 3.8) is 0 Å². The van der Waals surface area contributed by atoms with E-state index in [1.807, 2.05) is 6.92 Å². The number of nitrogens with zero attached hydrogens (tertiary/aromatic N) is 2. The number of esters is 2. The molecule has 4 aliphatic rings. The number of carbonyl (C=O) groups excluding carboxylic acids is 4. The van der Waals surface area contributed by atoms with Gasteiger partial charge < -0.3 is 34.8 Å². The molecule has 0 spiro atoms. The van der Waals surface area contributed by atoms with Gasteiger partial charge in [-0.05, 0) is 13.3 Å². The standard InChI is InChI=1S/C23H31N3O9S/c1-9-18-17(10(2)27)22(31)26(18)19(23(32)33)20(9)36-13-5-14(24-6-13)21(30)25-7-15(34-11(3)28)16(8-25)35-12(4)29/h9-10,13-18,24,27H,5-8H2,1-4H3,(H,32,33)/t9-,10-,13+,14+,15+,16+,17-,18-/m1/s1. The topological polar surface area (TPSA) is 163 Å². The number of β-lactam (4-membered cyclic amide) rings is 1. The smallest absolute Gasteiger partial charge is 0.353 e. The summed E-state index contributed by atoms with van der Waals surface area (Å²) in [5.41, 5.74) is -0.0397. The summed E-state index contributed by atoms with van der Waals surface area (Å²) in [7, 11) is 0. The Morgan fingerprint density at radius 1 is 1.11 bits per heavy atom. The van der Waals surface area contributed by atoms with Crippen LogP contribution in [0.3, 0.4) is 0 Å². The second-order valence-electron chi connectivity index (χ2n) is 9.75. The number of hydrogen-bond donors (Lipinski definition) is 3. The summed E-state index contributed by atoms with van der Waals surface area (Å²) in [6, 6.07) is -0.926. The minimum absolute atomic E-state index is 0.0397. The van der Waals surface area contributed by atoms with Crippen LogP contribution in [0.25, 0.3) is 0 Å². The van der Waals surface area contributed by atoms with Crippen molar-refractivity contribution < 1.29 is 43.7 Å². The van der Waals surface area contributed by atoms with Crippen molar-refractivity contribution in [3.05, 3.63) is 10.6 Å². The molecule has 0 aromatic heterocycles. The SMILES string of the molecule is CC(=O)O[C@H]1CN(C(=O)[C@@H]2C[C@H](SC3=C(C(=O)O)N4C(=O)[C@H]([C@@H](C)O)[C@H]4[C@H]3C)CN2)C[C@@H]1OC(C)=O. The maximum Gasteiger partial charge on any atom is 0.353 e. The number of likely N-dealkylation sites (tertiary alicyclic amines) is 1. The van der Waals surface area contributed by atoms with Crippen molar-refractivity contribution in [2.45, 2.75) is 69.8 Å². The van der Waals surface area contributed by atoms with E-state index in [9.17, 15) is 34.2 Å². The number of fused-ring (bicyclic) bond motifs is 1. The van der Waals surface area contributed by atoms with E-state index < -0.39 is 48.2 Å². The van der Waals surface area contributed by atoms with Crippen molar-refractivity contribution in [2.24, 2.45) is 11.8 Å². The number of carbonyl (C=O) groups is 5. The van der Waals surface area contributed by atoms with Gasteiger partial charge in [0, 0.05) is 36.5 Å². The fraction of sp³-hybridized carbons (Fsp3) is 0.696. The lowest BCUT2D eigenvalue weighted by Gasteiger charge is -2.46. The zero-order valence-electron chi connectivity index (χ0n) is 20.5. The predicted molar refractivity (Wildman–Crippen MR) is 125 cm³/mol. The third-order valence-electron chi connectivity index (χ3n) is 7.16. The molecular formula is C23H31N3O9S. The summed E-state index contributed by atoms with van der Waals surface area (Å²) in [6.07, 6.45) is -1.93. The molecule has 0 bridgehead atoms. The summed E-state index contributed by atoms with van der Waals surface area (Å²) < 4.78 is 10.5. The molecule has 0 aliphatic carbocycles. The van der Waals surface area contributed by atoms with Crippen molar-refractivity contribution in [3.8, 4) is 0 Å². The molecule has 2 amide bonds. The van der Waals surface area contributed by atoms with E-state index >= 15 is 0 Å². The van der Waals surface area contributed by atoms with Gasteiger partial charge in [0.15, 0.2) is 12.2 Å². The van der Waals surface area contributed by atoms with Crippen LogP contribution in [0.15, 0.2) is 10.6 Å². The molecule has 0 aromatic carbocycles. The van der Waals surface area contributed by atoms with E-state index in [1.54, 1.807) is 0 Å². The molecule has 12 nitrogen and oxygen atoms in total. The Bertz CT molecular complexity index is 991. The average molecular weight is 526 g/mol. The first-order valence-corrected chi connectivity index (χ1v) is 12.8. The van der Waals surface area contributed by atoms with Gasteiger partial charge in [-0.15, -0.1) is 11.8 Å². The van der Waals surface area contributed by atoms with Gasteiger partial charge in [-0.2, -0.15) is 0 Å². The molecule has 4 heterocycles. The summed E-state index contributed by atoms with van der Waals surface area (Å²) >= 11 is 1.36. The van der Waals surface area contributed by atoms with Crippen molar-refractivity contribution in [2.75, 3.05) is 19.6 Å². The Morgan fingerprint density at radius 2 is 1.69 bits per heavy atom. The molecule has 3 fully saturated rings. The van der Waals surface area contributed by atoms with Crippen molar-refractivity contribution in [1.29, 1.82) is 0 Å². The van der Waals surface area contributed by atoms with E-state index in [0.29, 0.717) is 17.9 Å². The lowest BCUT2D eigenvalue weighted by molar-refractivity contribution is -0.163. The Kier molecular flexibility index (Phi) is 7.35. The molecular weight excluding hydrogens is 494 g/mol. The number of hydrogen-bond acceptors (Lipinski definition) is 10. The van der Waals surface area contributed by atoms with Gasteiger partial charge in [0.05, 0.1) is 37.2 Å². The molecule has 4 aliphatic heterocycles. The minimum atomic E-state index is -1.19. The third kappa shape index (κ3) is 4.71. The van der Waals surface area contributed by atoms with Crippen LogP contribution in [0.5, 0.6) is 0 Å². The Labute approximate surface area is 212 Å². The number of rotatable bonds is 7. The Balaban J connectivity index is 1.42. The zero-order valence-corrected chi connectivity index (χ0v) is 21.3. The maximum absolute atomic E-state index is 13.2. The molecule has 3 N–H and O–H groups in total. The number of ether oxygens (including phenoxy) is 2. The largest absolute Gasteiger partial charge is 0.477 e. The predicted octanol–water partition coefficient (Wildman–Crippen LogP) is -0.691. The number of carboxylic acids is 1. The first-order valence-electron chi connectivity index (χ1n) is 11.9. The number of aliphatic hydroxyl groups excluding tert-OH is 1. The number of amides is 2. The molecule has 4 rings (SSSR count). The average Bonchev–Trinajstić information content (AvgIpc) is 3.44. The number of aliphatic hydroxyl groups is 1. The number of nitrogens with one attached hydrogen (secondary N) is 1. The minimum Gasteiger partial charge on any atom is -0.477 e. The highest BCUT2D eigenvalue weighted by molar-refractivity contribution is 8.03. The van der Waals surface area contributed by atoms with Crippen LogP contribution in [0.1, 0.15) is 34.1 Å².